The lowest BCUT2D eigenvalue weighted by molar-refractivity contribution is -0.133. The van der Waals surface area contributed by atoms with Crippen LogP contribution in [0.4, 0.5) is 0 Å². The van der Waals surface area contributed by atoms with Gasteiger partial charge in [0.1, 0.15) is 5.75 Å². The lowest BCUT2D eigenvalue weighted by atomic mass is 10.1. The van der Waals surface area contributed by atoms with E-state index in [1.54, 1.807) is 12.1 Å². The second kappa shape index (κ2) is 10.8. The van der Waals surface area contributed by atoms with Gasteiger partial charge in [0.2, 0.25) is 0 Å². The fourth-order valence-electron chi connectivity index (χ4n) is 3.74. The molecule has 2 amide bonds. The van der Waals surface area contributed by atoms with Crippen molar-refractivity contribution in [3.63, 3.8) is 0 Å². The van der Waals surface area contributed by atoms with E-state index in [2.05, 4.69) is 0 Å². The second-order valence-corrected chi connectivity index (χ2v) is 8.09. The number of rotatable bonds is 7. The molecule has 1 aliphatic heterocycles. The maximum Gasteiger partial charge on any atom is 0.260 e. The number of nitrogens with zero attached hydrogens (tertiary/aromatic N) is 2. The first-order chi connectivity index (χ1) is 14.6. The summed E-state index contributed by atoms with van der Waals surface area (Å²) in [7, 11) is 0. The minimum absolute atomic E-state index is 0.0100. The summed E-state index contributed by atoms with van der Waals surface area (Å²) < 4.78 is 5.86. The van der Waals surface area contributed by atoms with Crippen molar-refractivity contribution in [3.05, 3.63) is 65.7 Å². The van der Waals surface area contributed by atoms with Crippen molar-refractivity contribution in [3.8, 4) is 5.75 Å². The fourth-order valence-corrected chi connectivity index (χ4v) is 3.74. The van der Waals surface area contributed by atoms with Gasteiger partial charge in [0, 0.05) is 25.7 Å². The van der Waals surface area contributed by atoms with E-state index in [1.807, 2.05) is 66.1 Å². The van der Waals surface area contributed by atoms with Gasteiger partial charge in [0.05, 0.1) is 5.56 Å². The summed E-state index contributed by atoms with van der Waals surface area (Å²) in [5, 5.41) is 0. The third-order valence-electron chi connectivity index (χ3n) is 5.51. The van der Waals surface area contributed by atoms with Gasteiger partial charge in [-0.3, -0.25) is 9.59 Å². The quantitative estimate of drug-likeness (QED) is 0.677. The van der Waals surface area contributed by atoms with Crippen LogP contribution in [0.25, 0.3) is 0 Å². The lowest BCUT2D eigenvalue weighted by Crippen LogP contribution is -2.37. The Kier molecular flexibility index (Phi) is 7.89. The molecule has 0 aliphatic carbocycles. The zero-order chi connectivity index (χ0) is 21.3. The molecular formula is C25H32N2O3. The Hall–Kier alpha value is -2.82. The molecule has 0 radical (unpaired) electrons. The molecule has 1 fully saturated rings. The number of hydrogen-bond donors (Lipinski definition) is 0. The standard InChI is InChI=1S/C25H32N2O3/c1-20(2)27(18-21-12-6-5-7-13-21)25(29)22-14-8-9-15-23(22)30-19-24(28)26-16-10-3-4-11-17-26/h5-9,12-15,20H,3-4,10-11,16-19H2,1-2H3. The summed E-state index contributed by atoms with van der Waals surface area (Å²) in [6.07, 6.45) is 4.44. The van der Waals surface area contributed by atoms with Crippen molar-refractivity contribution in [1.82, 2.24) is 9.80 Å². The summed E-state index contributed by atoms with van der Waals surface area (Å²) in [6, 6.07) is 17.2. The Bertz CT molecular complexity index is 827. The van der Waals surface area contributed by atoms with Gasteiger partial charge in [-0.05, 0) is 44.4 Å². The van der Waals surface area contributed by atoms with Gasteiger partial charge in [-0.15, -0.1) is 0 Å². The highest BCUT2D eigenvalue weighted by Gasteiger charge is 2.23. The van der Waals surface area contributed by atoms with E-state index in [1.165, 1.54) is 12.8 Å². The van der Waals surface area contributed by atoms with E-state index < -0.39 is 0 Å². The Morgan fingerprint density at radius 1 is 0.933 bits per heavy atom. The summed E-state index contributed by atoms with van der Waals surface area (Å²) >= 11 is 0. The lowest BCUT2D eigenvalue weighted by Gasteiger charge is -2.28. The van der Waals surface area contributed by atoms with Gasteiger partial charge >= 0.3 is 0 Å². The van der Waals surface area contributed by atoms with Gasteiger partial charge in [-0.1, -0.05) is 55.3 Å². The predicted octanol–water partition coefficient (Wildman–Crippen LogP) is 4.52. The topological polar surface area (TPSA) is 49.9 Å². The summed E-state index contributed by atoms with van der Waals surface area (Å²) in [5.41, 5.74) is 1.57. The number of likely N-dealkylation sites (tertiary alicyclic amines) is 1. The first kappa shape index (κ1) is 21.9. The van der Waals surface area contributed by atoms with Gasteiger partial charge in [0.15, 0.2) is 6.61 Å². The zero-order valence-corrected chi connectivity index (χ0v) is 18.0. The third kappa shape index (κ3) is 5.85. The monoisotopic (exact) mass is 408 g/mol. The summed E-state index contributed by atoms with van der Waals surface area (Å²) in [4.78, 5) is 29.7. The molecule has 1 heterocycles. The molecule has 0 aromatic heterocycles. The minimum atomic E-state index is -0.0910. The SMILES string of the molecule is CC(C)N(Cc1ccccc1)C(=O)c1ccccc1OCC(=O)N1CCCCCC1. The number of amides is 2. The molecule has 0 atom stereocenters. The van der Waals surface area contributed by atoms with Crippen molar-refractivity contribution in [2.24, 2.45) is 0 Å². The molecule has 0 spiro atoms. The van der Waals surface area contributed by atoms with Crippen LogP contribution >= 0.6 is 0 Å². The molecule has 30 heavy (non-hydrogen) atoms. The average Bonchev–Trinajstić information content (AvgIpc) is 3.06. The van der Waals surface area contributed by atoms with Gasteiger partial charge < -0.3 is 14.5 Å². The van der Waals surface area contributed by atoms with Crippen LogP contribution in [0.3, 0.4) is 0 Å². The van der Waals surface area contributed by atoms with E-state index in [-0.39, 0.29) is 24.5 Å². The fraction of sp³-hybridized carbons (Fsp3) is 0.440. The van der Waals surface area contributed by atoms with E-state index >= 15 is 0 Å². The summed E-state index contributed by atoms with van der Waals surface area (Å²) in [5.74, 6) is 0.361. The van der Waals surface area contributed by atoms with Crippen molar-refractivity contribution >= 4 is 11.8 Å². The average molecular weight is 409 g/mol. The number of carbonyl (C=O) groups excluding carboxylic acids is 2. The maximum atomic E-state index is 13.4. The second-order valence-electron chi connectivity index (χ2n) is 8.09. The van der Waals surface area contributed by atoms with Crippen LogP contribution in [0, 0.1) is 0 Å². The Morgan fingerprint density at radius 3 is 2.23 bits per heavy atom. The molecular weight excluding hydrogens is 376 g/mol. The van der Waals surface area contributed by atoms with Crippen molar-refractivity contribution in [2.45, 2.75) is 52.1 Å². The Balaban J connectivity index is 1.71. The smallest absolute Gasteiger partial charge is 0.260 e. The zero-order valence-electron chi connectivity index (χ0n) is 18.0. The number of hydrogen-bond acceptors (Lipinski definition) is 3. The van der Waals surface area contributed by atoms with E-state index in [0.29, 0.717) is 17.9 Å². The van der Waals surface area contributed by atoms with Crippen LogP contribution in [-0.2, 0) is 11.3 Å². The van der Waals surface area contributed by atoms with E-state index in [0.717, 1.165) is 31.5 Å². The van der Waals surface area contributed by atoms with Crippen LogP contribution < -0.4 is 4.74 Å². The van der Waals surface area contributed by atoms with Crippen LogP contribution in [0.2, 0.25) is 0 Å². The molecule has 1 saturated heterocycles. The molecule has 5 nitrogen and oxygen atoms in total. The van der Waals surface area contributed by atoms with Gasteiger partial charge in [0.25, 0.3) is 11.8 Å². The molecule has 160 valence electrons. The minimum Gasteiger partial charge on any atom is -0.483 e. The van der Waals surface area contributed by atoms with Crippen LogP contribution in [0.15, 0.2) is 54.6 Å². The van der Waals surface area contributed by atoms with Gasteiger partial charge in [-0.2, -0.15) is 0 Å². The van der Waals surface area contributed by atoms with Crippen LogP contribution in [-0.4, -0.2) is 47.4 Å². The molecule has 2 aromatic rings. The molecule has 5 heteroatoms. The van der Waals surface area contributed by atoms with Crippen LogP contribution in [0.1, 0.15) is 55.5 Å². The number of ether oxygens (including phenoxy) is 1. The third-order valence-corrected chi connectivity index (χ3v) is 5.51. The summed E-state index contributed by atoms with van der Waals surface area (Å²) in [6.45, 7) is 6.09. The van der Waals surface area contributed by atoms with Crippen molar-refractivity contribution in [1.29, 1.82) is 0 Å². The highest BCUT2D eigenvalue weighted by Crippen LogP contribution is 2.22. The first-order valence-electron chi connectivity index (χ1n) is 10.9. The van der Waals surface area contributed by atoms with E-state index in [9.17, 15) is 9.59 Å². The Labute approximate surface area is 179 Å². The molecule has 2 aromatic carbocycles. The number of benzene rings is 2. The van der Waals surface area contributed by atoms with E-state index in [4.69, 9.17) is 4.74 Å². The molecule has 3 rings (SSSR count). The highest BCUT2D eigenvalue weighted by atomic mass is 16.5. The van der Waals surface area contributed by atoms with Gasteiger partial charge in [-0.25, -0.2) is 0 Å². The molecule has 1 aliphatic rings. The van der Waals surface area contributed by atoms with Crippen molar-refractivity contribution in [2.75, 3.05) is 19.7 Å². The maximum absolute atomic E-state index is 13.4. The molecule has 0 bridgehead atoms. The number of para-hydroxylation sites is 1. The largest absolute Gasteiger partial charge is 0.483 e. The van der Waals surface area contributed by atoms with Crippen molar-refractivity contribution < 1.29 is 14.3 Å². The highest BCUT2D eigenvalue weighted by molar-refractivity contribution is 5.97. The Morgan fingerprint density at radius 2 is 1.57 bits per heavy atom. The first-order valence-corrected chi connectivity index (χ1v) is 10.9. The number of carbonyl (C=O) groups is 2. The molecule has 0 saturated carbocycles. The van der Waals surface area contributed by atoms with Crippen LogP contribution in [0.5, 0.6) is 5.75 Å². The molecule has 0 unspecified atom stereocenters. The predicted molar refractivity (Wildman–Crippen MR) is 118 cm³/mol. The normalized spacial score (nSPS) is 14.3. The molecule has 0 N–H and O–H groups in total.